The van der Waals surface area contributed by atoms with Gasteiger partial charge in [0.2, 0.25) is 11.8 Å². The van der Waals surface area contributed by atoms with Crippen LogP contribution in [0, 0.1) is 5.92 Å². The van der Waals surface area contributed by atoms with Crippen LogP contribution in [0.15, 0.2) is 48.5 Å². The molecule has 170 valence electrons. The van der Waals surface area contributed by atoms with Gasteiger partial charge >= 0.3 is 0 Å². The number of carbonyl (C=O) groups is 3. The summed E-state index contributed by atoms with van der Waals surface area (Å²) in [5.41, 5.74) is 2.57. The highest BCUT2D eigenvalue weighted by atomic mass is 16.5. The fourth-order valence-corrected chi connectivity index (χ4v) is 3.42. The smallest absolute Gasteiger partial charge is 0.262 e. The Balaban J connectivity index is 1.49. The number of anilines is 2. The second-order valence-electron chi connectivity index (χ2n) is 7.88. The number of aryl methyl sites for hydroxylation is 1. The second kappa shape index (κ2) is 10.8. The molecule has 3 rings (SSSR count). The van der Waals surface area contributed by atoms with E-state index >= 15 is 0 Å². The van der Waals surface area contributed by atoms with Gasteiger partial charge in [-0.3, -0.25) is 14.4 Å². The first-order valence-electron chi connectivity index (χ1n) is 10.7. The summed E-state index contributed by atoms with van der Waals surface area (Å²) in [5.74, 6) is -0.587. The zero-order valence-electron chi connectivity index (χ0n) is 18.3. The van der Waals surface area contributed by atoms with Crippen LogP contribution >= 0.6 is 0 Å². The molecule has 0 radical (unpaired) electrons. The zero-order valence-corrected chi connectivity index (χ0v) is 18.3. The monoisotopic (exact) mass is 439 g/mol. The van der Waals surface area contributed by atoms with E-state index in [1.54, 1.807) is 36.1 Å². The topological polar surface area (TPSA) is 108 Å². The van der Waals surface area contributed by atoms with E-state index in [-0.39, 0.29) is 43.8 Å². The van der Waals surface area contributed by atoms with Gasteiger partial charge in [-0.25, -0.2) is 0 Å². The average molecular weight is 440 g/mol. The standard InChI is InChI=1S/C24H29N3O5/c1-3-17-4-6-19(7-5-17)26-22(29)15-32-21-10-8-20(9-11-21)27-14-18(12-23(27)30)24(31)25-13-16(2)28/h4-11,16,18,28H,3,12-15H2,1-2H3,(H,25,31)(H,26,29)/t16-,18-/m1/s1. The Bertz CT molecular complexity index is 941. The van der Waals surface area contributed by atoms with Crippen LogP contribution in [0.4, 0.5) is 11.4 Å². The molecule has 0 unspecified atom stereocenters. The van der Waals surface area contributed by atoms with E-state index < -0.39 is 12.0 Å². The van der Waals surface area contributed by atoms with Crippen molar-refractivity contribution in [1.82, 2.24) is 5.32 Å². The van der Waals surface area contributed by atoms with Crippen molar-refractivity contribution in [3.63, 3.8) is 0 Å². The molecule has 0 aliphatic carbocycles. The van der Waals surface area contributed by atoms with Crippen molar-refractivity contribution >= 4 is 29.1 Å². The third-order valence-corrected chi connectivity index (χ3v) is 5.23. The van der Waals surface area contributed by atoms with Crippen molar-refractivity contribution < 1.29 is 24.2 Å². The van der Waals surface area contributed by atoms with Gasteiger partial charge in [-0.05, 0) is 55.3 Å². The van der Waals surface area contributed by atoms with Gasteiger partial charge in [-0.1, -0.05) is 19.1 Å². The molecule has 0 bridgehead atoms. The van der Waals surface area contributed by atoms with Crippen LogP contribution < -0.4 is 20.3 Å². The molecule has 2 aromatic rings. The quantitative estimate of drug-likeness (QED) is 0.555. The summed E-state index contributed by atoms with van der Waals surface area (Å²) in [6.45, 7) is 3.96. The van der Waals surface area contributed by atoms with Crippen molar-refractivity contribution in [3.8, 4) is 5.75 Å². The van der Waals surface area contributed by atoms with E-state index in [9.17, 15) is 19.5 Å². The molecular weight excluding hydrogens is 410 g/mol. The maximum atomic E-state index is 12.4. The van der Waals surface area contributed by atoms with Crippen LogP contribution in [0.3, 0.4) is 0 Å². The van der Waals surface area contributed by atoms with E-state index in [4.69, 9.17) is 4.74 Å². The third kappa shape index (κ3) is 6.31. The number of carbonyl (C=O) groups excluding carboxylic acids is 3. The van der Waals surface area contributed by atoms with Crippen molar-refractivity contribution in [2.45, 2.75) is 32.8 Å². The molecule has 8 nitrogen and oxygen atoms in total. The number of hydrogen-bond donors (Lipinski definition) is 3. The molecule has 1 saturated heterocycles. The Kier molecular flexibility index (Phi) is 7.83. The van der Waals surface area contributed by atoms with Crippen LogP contribution in [0.5, 0.6) is 5.75 Å². The lowest BCUT2D eigenvalue weighted by molar-refractivity contribution is -0.126. The number of ether oxygens (including phenoxy) is 1. The minimum atomic E-state index is -0.636. The summed E-state index contributed by atoms with van der Waals surface area (Å²) < 4.78 is 5.54. The predicted octanol–water partition coefficient (Wildman–Crippen LogP) is 2.12. The summed E-state index contributed by atoms with van der Waals surface area (Å²) in [5, 5.41) is 14.7. The number of rotatable bonds is 9. The highest BCUT2D eigenvalue weighted by molar-refractivity contribution is 6.00. The van der Waals surface area contributed by atoms with E-state index in [2.05, 4.69) is 17.6 Å². The van der Waals surface area contributed by atoms with Gasteiger partial charge in [0.15, 0.2) is 6.61 Å². The lowest BCUT2D eigenvalue weighted by atomic mass is 10.1. The molecule has 3 amide bonds. The molecule has 1 aliphatic heterocycles. The number of nitrogens with zero attached hydrogens (tertiary/aromatic N) is 1. The molecule has 0 spiro atoms. The minimum Gasteiger partial charge on any atom is -0.484 e. The van der Waals surface area contributed by atoms with Crippen LogP contribution in [-0.2, 0) is 20.8 Å². The summed E-state index contributed by atoms with van der Waals surface area (Å²) in [4.78, 5) is 38.2. The molecule has 8 heteroatoms. The fourth-order valence-electron chi connectivity index (χ4n) is 3.42. The van der Waals surface area contributed by atoms with Gasteiger partial charge in [0.05, 0.1) is 12.0 Å². The zero-order chi connectivity index (χ0) is 23.1. The minimum absolute atomic E-state index is 0.128. The van der Waals surface area contributed by atoms with E-state index in [0.29, 0.717) is 17.1 Å². The number of hydrogen-bond acceptors (Lipinski definition) is 5. The van der Waals surface area contributed by atoms with E-state index in [1.165, 1.54) is 5.56 Å². The fraction of sp³-hybridized carbons (Fsp3) is 0.375. The molecule has 2 aromatic carbocycles. The van der Waals surface area contributed by atoms with Crippen molar-refractivity contribution in [1.29, 1.82) is 0 Å². The molecule has 2 atom stereocenters. The van der Waals surface area contributed by atoms with Crippen LogP contribution in [0.2, 0.25) is 0 Å². The molecule has 1 fully saturated rings. The Morgan fingerprint density at radius 1 is 1.16 bits per heavy atom. The number of nitrogens with one attached hydrogen (secondary N) is 2. The first-order valence-corrected chi connectivity index (χ1v) is 10.7. The van der Waals surface area contributed by atoms with Gasteiger partial charge in [-0.15, -0.1) is 0 Å². The lowest BCUT2D eigenvalue weighted by Crippen LogP contribution is -2.36. The molecule has 3 N–H and O–H groups in total. The largest absolute Gasteiger partial charge is 0.484 e. The summed E-state index contributed by atoms with van der Waals surface area (Å²) >= 11 is 0. The molecule has 1 heterocycles. The van der Waals surface area contributed by atoms with Crippen molar-refractivity contribution in [3.05, 3.63) is 54.1 Å². The maximum Gasteiger partial charge on any atom is 0.262 e. The summed E-state index contributed by atoms with van der Waals surface area (Å²) in [6.07, 6.45) is 0.430. The molecular formula is C24H29N3O5. The molecule has 0 aromatic heterocycles. The first-order chi connectivity index (χ1) is 15.4. The number of amides is 3. The second-order valence-corrected chi connectivity index (χ2v) is 7.88. The first kappa shape index (κ1) is 23.3. The predicted molar refractivity (Wildman–Crippen MR) is 122 cm³/mol. The highest BCUT2D eigenvalue weighted by Crippen LogP contribution is 2.27. The summed E-state index contributed by atoms with van der Waals surface area (Å²) in [6, 6.07) is 14.5. The van der Waals surface area contributed by atoms with Gasteiger partial charge in [0.25, 0.3) is 5.91 Å². The Labute approximate surface area is 187 Å². The molecule has 32 heavy (non-hydrogen) atoms. The van der Waals surface area contributed by atoms with Crippen molar-refractivity contribution in [2.75, 3.05) is 29.9 Å². The average Bonchev–Trinajstić information content (AvgIpc) is 3.18. The Morgan fingerprint density at radius 3 is 2.47 bits per heavy atom. The van der Waals surface area contributed by atoms with Crippen LogP contribution in [0.1, 0.15) is 25.8 Å². The highest BCUT2D eigenvalue weighted by Gasteiger charge is 2.35. The third-order valence-electron chi connectivity index (χ3n) is 5.23. The summed E-state index contributed by atoms with van der Waals surface area (Å²) in [7, 11) is 0. The Morgan fingerprint density at radius 2 is 1.84 bits per heavy atom. The van der Waals surface area contributed by atoms with Gasteiger partial charge in [0, 0.05) is 30.9 Å². The maximum absolute atomic E-state index is 12.4. The SMILES string of the molecule is CCc1ccc(NC(=O)COc2ccc(N3C[C@H](C(=O)NC[C@@H](C)O)CC3=O)cc2)cc1. The Hall–Kier alpha value is -3.39. The van der Waals surface area contributed by atoms with Gasteiger partial charge in [0.1, 0.15) is 5.75 Å². The van der Waals surface area contributed by atoms with E-state index in [0.717, 1.165) is 6.42 Å². The lowest BCUT2D eigenvalue weighted by Gasteiger charge is -2.17. The van der Waals surface area contributed by atoms with Gasteiger partial charge in [-0.2, -0.15) is 0 Å². The number of benzene rings is 2. The van der Waals surface area contributed by atoms with E-state index in [1.807, 2.05) is 24.3 Å². The number of aliphatic hydroxyl groups is 1. The van der Waals surface area contributed by atoms with Gasteiger partial charge < -0.3 is 25.4 Å². The molecule has 1 aliphatic rings. The number of aliphatic hydroxyl groups excluding tert-OH is 1. The molecule has 0 saturated carbocycles. The van der Waals surface area contributed by atoms with Crippen molar-refractivity contribution in [2.24, 2.45) is 5.92 Å². The van der Waals surface area contributed by atoms with Crippen LogP contribution in [0.25, 0.3) is 0 Å². The van der Waals surface area contributed by atoms with Crippen LogP contribution in [-0.4, -0.2) is 48.6 Å². The normalized spacial score (nSPS) is 16.5.